The minimum atomic E-state index is -0.443. The molecule has 0 saturated carbocycles. The number of halogens is 1. The van der Waals surface area contributed by atoms with Crippen LogP contribution >= 0.6 is 0 Å². The van der Waals surface area contributed by atoms with Gasteiger partial charge in [0.15, 0.2) is 17.3 Å². The monoisotopic (exact) mass is 215 g/mol. The van der Waals surface area contributed by atoms with Gasteiger partial charge < -0.3 is 14.3 Å². The molecule has 0 aliphatic carbocycles. The highest BCUT2D eigenvalue weighted by Crippen LogP contribution is 2.31. The molecular formula is C10H14FNO3. The number of hydroxylamine groups is 1. The van der Waals surface area contributed by atoms with Crippen molar-refractivity contribution < 1.29 is 18.7 Å². The molecule has 0 aliphatic heterocycles. The Bertz CT molecular complexity index is 331. The van der Waals surface area contributed by atoms with Crippen LogP contribution in [0.4, 0.5) is 4.39 Å². The Morgan fingerprint density at radius 3 is 2.47 bits per heavy atom. The molecule has 0 aromatic heterocycles. The third kappa shape index (κ3) is 2.57. The Labute approximate surface area is 87.9 Å². The molecule has 15 heavy (non-hydrogen) atoms. The fourth-order valence-electron chi connectivity index (χ4n) is 1.22. The van der Waals surface area contributed by atoms with E-state index in [0.717, 1.165) is 0 Å². The van der Waals surface area contributed by atoms with E-state index in [4.69, 9.17) is 9.47 Å². The average molecular weight is 215 g/mol. The highest BCUT2D eigenvalue weighted by molar-refractivity contribution is 5.44. The smallest absolute Gasteiger partial charge is 0.197 e. The number of hydrogen-bond acceptors (Lipinski definition) is 4. The van der Waals surface area contributed by atoms with Crippen molar-refractivity contribution in [2.24, 2.45) is 0 Å². The molecule has 0 amide bonds. The summed E-state index contributed by atoms with van der Waals surface area (Å²) < 4.78 is 23.6. The van der Waals surface area contributed by atoms with Crippen molar-refractivity contribution in [3.05, 3.63) is 23.5 Å². The highest BCUT2D eigenvalue weighted by atomic mass is 19.1. The molecule has 0 atom stereocenters. The minimum Gasteiger partial charge on any atom is -0.493 e. The molecule has 0 spiro atoms. The molecule has 1 rings (SSSR count). The quantitative estimate of drug-likeness (QED) is 0.755. The first kappa shape index (κ1) is 11.7. The zero-order valence-corrected chi connectivity index (χ0v) is 8.96. The lowest BCUT2D eigenvalue weighted by atomic mass is 10.2. The molecule has 5 heteroatoms. The van der Waals surface area contributed by atoms with Gasteiger partial charge in [-0.1, -0.05) is 6.07 Å². The van der Waals surface area contributed by atoms with E-state index in [9.17, 15) is 4.39 Å². The highest BCUT2D eigenvalue weighted by Gasteiger charge is 2.14. The Kier molecular flexibility index (Phi) is 4.33. The van der Waals surface area contributed by atoms with Crippen LogP contribution in [0.1, 0.15) is 5.56 Å². The first-order valence-corrected chi connectivity index (χ1v) is 4.39. The number of methoxy groups -OCH3 is 2. The number of ether oxygens (including phenoxy) is 2. The van der Waals surface area contributed by atoms with Crippen LogP contribution < -0.4 is 15.0 Å². The first-order valence-electron chi connectivity index (χ1n) is 4.39. The SMILES string of the molecule is CONCc1ccc(OC)c(OC)c1F. The van der Waals surface area contributed by atoms with Crippen molar-refractivity contribution in [3.63, 3.8) is 0 Å². The summed E-state index contributed by atoms with van der Waals surface area (Å²) in [7, 11) is 4.33. The van der Waals surface area contributed by atoms with Gasteiger partial charge in [-0.15, -0.1) is 0 Å². The van der Waals surface area contributed by atoms with Gasteiger partial charge in [-0.25, -0.2) is 4.39 Å². The van der Waals surface area contributed by atoms with Crippen molar-refractivity contribution in [2.75, 3.05) is 21.3 Å². The van der Waals surface area contributed by atoms with Crippen molar-refractivity contribution in [2.45, 2.75) is 6.54 Å². The number of benzene rings is 1. The summed E-state index contributed by atoms with van der Waals surface area (Å²) >= 11 is 0. The summed E-state index contributed by atoms with van der Waals surface area (Å²) in [5, 5.41) is 0. The molecule has 0 radical (unpaired) electrons. The number of nitrogens with one attached hydrogen (secondary N) is 1. The molecule has 1 aromatic rings. The van der Waals surface area contributed by atoms with Crippen LogP contribution in [0.15, 0.2) is 12.1 Å². The van der Waals surface area contributed by atoms with Gasteiger partial charge in [0.05, 0.1) is 21.3 Å². The van der Waals surface area contributed by atoms with Gasteiger partial charge in [-0.05, 0) is 6.07 Å². The largest absolute Gasteiger partial charge is 0.493 e. The van der Waals surface area contributed by atoms with Crippen LogP contribution in [0.25, 0.3) is 0 Å². The van der Waals surface area contributed by atoms with E-state index in [-0.39, 0.29) is 12.3 Å². The van der Waals surface area contributed by atoms with Gasteiger partial charge in [0.25, 0.3) is 0 Å². The van der Waals surface area contributed by atoms with Gasteiger partial charge in [0.1, 0.15) is 0 Å². The summed E-state index contributed by atoms with van der Waals surface area (Å²) in [4.78, 5) is 4.64. The molecular weight excluding hydrogens is 201 g/mol. The van der Waals surface area contributed by atoms with Gasteiger partial charge in [-0.2, -0.15) is 5.48 Å². The molecule has 1 aromatic carbocycles. The molecule has 0 fully saturated rings. The second-order valence-corrected chi connectivity index (χ2v) is 2.80. The topological polar surface area (TPSA) is 39.7 Å². The molecule has 0 bridgehead atoms. The van der Waals surface area contributed by atoms with Gasteiger partial charge >= 0.3 is 0 Å². The second kappa shape index (κ2) is 5.53. The van der Waals surface area contributed by atoms with Gasteiger partial charge in [0.2, 0.25) is 0 Å². The third-order valence-corrected chi connectivity index (χ3v) is 1.97. The van der Waals surface area contributed by atoms with Gasteiger partial charge in [-0.3, -0.25) is 0 Å². The van der Waals surface area contributed by atoms with E-state index in [1.807, 2.05) is 0 Å². The Balaban J connectivity index is 3.00. The molecule has 1 N–H and O–H groups in total. The normalized spacial score (nSPS) is 10.1. The van der Waals surface area contributed by atoms with E-state index in [1.165, 1.54) is 21.3 Å². The molecule has 4 nitrogen and oxygen atoms in total. The Morgan fingerprint density at radius 1 is 1.20 bits per heavy atom. The fraction of sp³-hybridized carbons (Fsp3) is 0.400. The van der Waals surface area contributed by atoms with E-state index in [0.29, 0.717) is 11.3 Å². The van der Waals surface area contributed by atoms with Crippen molar-refractivity contribution in [1.29, 1.82) is 0 Å². The standard InChI is InChI=1S/C10H14FNO3/c1-13-8-5-4-7(6-12-15-3)9(11)10(8)14-2/h4-5,12H,6H2,1-3H3. The zero-order chi connectivity index (χ0) is 11.3. The second-order valence-electron chi connectivity index (χ2n) is 2.80. The van der Waals surface area contributed by atoms with Crippen LogP contribution in [0, 0.1) is 5.82 Å². The van der Waals surface area contributed by atoms with E-state index in [2.05, 4.69) is 10.3 Å². The Hall–Kier alpha value is -1.33. The summed E-state index contributed by atoms with van der Waals surface area (Å²) in [6, 6.07) is 3.26. The van der Waals surface area contributed by atoms with E-state index >= 15 is 0 Å². The van der Waals surface area contributed by atoms with Crippen molar-refractivity contribution in [1.82, 2.24) is 5.48 Å². The molecule has 0 aliphatic rings. The lowest BCUT2D eigenvalue weighted by molar-refractivity contribution is 0.0858. The summed E-state index contributed by atoms with van der Waals surface area (Å²) in [6.45, 7) is 0.267. The van der Waals surface area contributed by atoms with Crippen LogP contribution in [-0.4, -0.2) is 21.3 Å². The van der Waals surface area contributed by atoms with Crippen molar-refractivity contribution >= 4 is 0 Å². The lowest BCUT2D eigenvalue weighted by Crippen LogP contribution is -2.12. The van der Waals surface area contributed by atoms with Crippen LogP contribution in [0.2, 0.25) is 0 Å². The number of rotatable bonds is 5. The van der Waals surface area contributed by atoms with Crippen LogP contribution in [0.5, 0.6) is 11.5 Å². The summed E-state index contributed by atoms with van der Waals surface area (Å²) in [6.07, 6.45) is 0. The number of hydrogen-bond donors (Lipinski definition) is 1. The molecule has 0 saturated heterocycles. The van der Waals surface area contributed by atoms with Crippen LogP contribution in [-0.2, 0) is 11.4 Å². The fourth-order valence-corrected chi connectivity index (χ4v) is 1.22. The maximum Gasteiger partial charge on any atom is 0.197 e. The van der Waals surface area contributed by atoms with Gasteiger partial charge in [0, 0.05) is 12.1 Å². The average Bonchev–Trinajstić information content (AvgIpc) is 2.27. The summed E-state index contributed by atoms with van der Waals surface area (Å²) in [5.41, 5.74) is 3.01. The molecule has 0 heterocycles. The maximum absolute atomic E-state index is 13.7. The van der Waals surface area contributed by atoms with Crippen LogP contribution in [0.3, 0.4) is 0 Å². The summed E-state index contributed by atoms with van der Waals surface area (Å²) in [5.74, 6) is 0.0328. The molecule has 84 valence electrons. The van der Waals surface area contributed by atoms with E-state index in [1.54, 1.807) is 12.1 Å². The lowest BCUT2D eigenvalue weighted by Gasteiger charge is -2.11. The first-order chi connectivity index (χ1) is 7.24. The minimum absolute atomic E-state index is 0.105. The van der Waals surface area contributed by atoms with Crippen molar-refractivity contribution in [3.8, 4) is 11.5 Å². The third-order valence-electron chi connectivity index (χ3n) is 1.97. The maximum atomic E-state index is 13.7. The predicted molar refractivity (Wildman–Crippen MR) is 53.4 cm³/mol. The predicted octanol–water partition coefficient (Wildman–Crippen LogP) is 1.49. The molecule has 0 unspecified atom stereocenters. The Morgan fingerprint density at radius 2 is 1.93 bits per heavy atom. The zero-order valence-electron chi connectivity index (χ0n) is 8.96. The van der Waals surface area contributed by atoms with E-state index < -0.39 is 5.82 Å².